The summed E-state index contributed by atoms with van der Waals surface area (Å²) in [7, 11) is 0. The molecule has 16 heavy (non-hydrogen) atoms. The third-order valence-electron chi connectivity index (χ3n) is 2.99. The van der Waals surface area contributed by atoms with Crippen LogP contribution in [-0.2, 0) is 0 Å². The molecule has 88 valence electrons. The summed E-state index contributed by atoms with van der Waals surface area (Å²) in [5.41, 5.74) is 2.88. The summed E-state index contributed by atoms with van der Waals surface area (Å²) in [6.45, 7) is 6.65. The molecular weight excluding hydrogens is 202 g/mol. The van der Waals surface area contributed by atoms with Crippen LogP contribution in [0.25, 0.3) is 0 Å². The van der Waals surface area contributed by atoms with Crippen LogP contribution >= 0.6 is 0 Å². The molecular formula is C11H19N5. The van der Waals surface area contributed by atoms with E-state index >= 15 is 0 Å². The number of hydrazine groups is 1. The zero-order valence-electron chi connectivity index (χ0n) is 9.90. The molecule has 0 saturated carbocycles. The summed E-state index contributed by atoms with van der Waals surface area (Å²) in [6.07, 6.45) is 5.89. The lowest BCUT2D eigenvalue weighted by Gasteiger charge is -2.38. The molecule has 1 aromatic rings. The SMILES string of the molecule is CC1(C)CCCN(c2cncc(NN)n2)C1. The second-order valence-corrected chi connectivity index (χ2v) is 5.10. The van der Waals surface area contributed by atoms with E-state index in [0.29, 0.717) is 11.2 Å². The minimum absolute atomic E-state index is 0.353. The van der Waals surface area contributed by atoms with Crippen molar-refractivity contribution in [3.05, 3.63) is 12.4 Å². The molecule has 0 amide bonds. The highest BCUT2D eigenvalue weighted by molar-refractivity contribution is 5.43. The summed E-state index contributed by atoms with van der Waals surface area (Å²) in [5.74, 6) is 6.85. The number of nitrogens with one attached hydrogen (secondary N) is 1. The Balaban J connectivity index is 2.16. The lowest BCUT2D eigenvalue weighted by molar-refractivity contribution is 0.292. The molecule has 0 spiro atoms. The van der Waals surface area contributed by atoms with Gasteiger partial charge in [-0.05, 0) is 18.3 Å². The first kappa shape index (κ1) is 11.1. The molecule has 0 bridgehead atoms. The summed E-state index contributed by atoms with van der Waals surface area (Å²) in [5, 5.41) is 0. The minimum atomic E-state index is 0.353. The monoisotopic (exact) mass is 221 g/mol. The van der Waals surface area contributed by atoms with Crippen LogP contribution in [0.3, 0.4) is 0 Å². The maximum atomic E-state index is 5.33. The molecule has 1 aliphatic heterocycles. The average molecular weight is 221 g/mol. The molecule has 1 fully saturated rings. The van der Waals surface area contributed by atoms with Crippen LogP contribution in [0.5, 0.6) is 0 Å². The molecule has 0 unspecified atom stereocenters. The number of hydrogen-bond donors (Lipinski definition) is 2. The lowest BCUT2D eigenvalue weighted by atomic mass is 9.84. The standard InChI is InChI=1S/C11H19N5/c1-11(2)4-3-5-16(8-11)10-7-13-6-9(14-10)15-12/h6-7H,3-5,8,12H2,1-2H3,(H,14,15). The Morgan fingerprint density at radius 1 is 1.44 bits per heavy atom. The summed E-state index contributed by atoms with van der Waals surface area (Å²) >= 11 is 0. The van der Waals surface area contributed by atoms with E-state index in [1.54, 1.807) is 12.4 Å². The maximum absolute atomic E-state index is 5.33. The van der Waals surface area contributed by atoms with Gasteiger partial charge < -0.3 is 10.3 Å². The van der Waals surface area contributed by atoms with Crippen LogP contribution < -0.4 is 16.2 Å². The molecule has 0 radical (unpaired) electrons. The molecule has 0 aromatic carbocycles. The number of nitrogens with two attached hydrogens (primary N) is 1. The van der Waals surface area contributed by atoms with Crippen molar-refractivity contribution in [3.63, 3.8) is 0 Å². The first-order valence-corrected chi connectivity index (χ1v) is 5.64. The molecule has 1 aromatic heterocycles. The Morgan fingerprint density at radius 2 is 2.25 bits per heavy atom. The third kappa shape index (κ3) is 2.41. The Labute approximate surface area is 96.0 Å². The second kappa shape index (κ2) is 4.25. The number of anilines is 2. The van der Waals surface area contributed by atoms with Crippen molar-refractivity contribution in [1.29, 1.82) is 0 Å². The largest absolute Gasteiger partial charge is 0.355 e. The third-order valence-corrected chi connectivity index (χ3v) is 2.99. The van der Waals surface area contributed by atoms with Gasteiger partial charge in [-0.3, -0.25) is 4.98 Å². The molecule has 5 nitrogen and oxygen atoms in total. The van der Waals surface area contributed by atoms with Crippen molar-refractivity contribution in [2.24, 2.45) is 11.3 Å². The van der Waals surface area contributed by atoms with Crippen molar-refractivity contribution in [1.82, 2.24) is 9.97 Å². The number of nitrogens with zero attached hydrogens (tertiary/aromatic N) is 3. The van der Waals surface area contributed by atoms with Crippen LogP contribution in [0.2, 0.25) is 0 Å². The topological polar surface area (TPSA) is 67.1 Å². The van der Waals surface area contributed by atoms with E-state index in [9.17, 15) is 0 Å². The van der Waals surface area contributed by atoms with Gasteiger partial charge in [-0.2, -0.15) is 0 Å². The molecule has 3 N–H and O–H groups in total. The summed E-state index contributed by atoms with van der Waals surface area (Å²) in [4.78, 5) is 10.8. The van der Waals surface area contributed by atoms with Crippen molar-refractivity contribution in [2.45, 2.75) is 26.7 Å². The van der Waals surface area contributed by atoms with Crippen molar-refractivity contribution >= 4 is 11.6 Å². The van der Waals surface area contributed by atoms with Gasteiger partial charge in [-0.1, -0.05) is 13.8 Å². The van der Waals surface area contributed by atoms with Gasteiger partial charge >= 0.3 is 0 Å². The van der Waals surface area contributed by atoms with E-state index in [1.165, 1.54) is 12.8 Å². The normalized spacial score (nSPS) is 19.6. The first-order chi connectivity index (χ1) is 7.61. The highest BCUT2D eigenvalue weighted by Gasteiger charge is 2.27. The van der Waals surface area contributed by atoms with Crippen molar-refractivity contribution in [3.8, 4) is 0 Å². The molecule has 5 heteroatoms. The van der Waals surface area contributed by atoms with Crippen LogP contribution in [0.15, 0.2) is 12.4 Å². The fourth-order valence-corrected chi connectivity index (χ4v) is 2.20. The number of rotatable bonds is 2. The predicted octanol–water partition coefficient (Wildman–Crippen LogP) is 1.39. The van der Waals surface area contributed by atoms with Crippen LogP contribution in [0.4, 0.5) is 11.6 Å². The molecule has 2 rings (SSSR count). The van der Waals surface area contributed by atoms with E-state index in [2.05, 4.69) is 34.1 Å². The van der Waals surface area contributed by atoms with Crippen LogP contribution in [0.1, 0.15) is 26.7 Å². The number of hydrogen-bond acceptors (Lipinski definition) is 5. The molecule has 0 atom stereocenters. The fourth-order valence-electron chi connectivity index (χ4n) is 2.20. The maximum Gasteiger partial charge on any atom is 0.160 e. The van der Waals surface area contributed by atoms with Gasteiger partial charge in [0, 0.05) is 13.1 Å². The minimum Gasteiger partial charge on any atom is -0.355 e. The van der Waals surface area contributed by atoms with E-state index in [0.717, 1.165) is 18.9 Å². The highest BCUT2D eigenvalue weighted by Crippen LogP contribution is 2.30. The molecule has 1 aliphatic rings. The van der Waals surface area contributed by atoms with Gasteiger partial charge in [0.2, 0.25) is 0 Å². The Bertz CT molecular complexity index is 363. The lowest BCUT2D eigenvalue weighted by Crippen LogP contribution is -2.40. The average Bonchev–Trinajstić information content (AvgIpc) is 2.28. The van der Waals surface area contributed by atoms with Gasteiger partial charge in [0.15, 0.2) is 5.82 Å². The Morgan fingerprint density at radius 3 is 2.94 bits per heavy atom. The van der Waals surface area contributed by atoms with E-state index in [4.69, 9.17) is 5.84 Å². The Hall–Kier alpha value is -1.36. The van der Waals surface area contributed by atoms with Gasteiger partial charge in [0.1, 0.15) is 5.82 Å². The Kier molecular flexibility index (Phi) is 2.96. The smallest absolute Gasteiger partial charge is 0.160 e. The quantitative estimate of drug-likeness (QED) is 0.583. The van der Waals surface area contributed by atoms with E-state index < -0.39 is 0 Å². The first-order valence-electron chi connectivity index (χ1n) is 5.64. The van der Waals surface area contributed by atoms with Gasteiger partial charge in [-0.15, -0.1) is 0 Å². The van der Waals surface area contributed by atoms with E-state index in [-0.39, 0.29) is 0 Å². The fraction of sp³-hybridized carbons (Fsp3) is 0.636. The van der Waals surface area contributed by atoms with E-state index in [1.807, 2.05) is 0 Å². The van der Waals surface area contributed by atoms with Gasteiger partial charge in [-0.25, -0.2) is 10.8 Å². The molecule has 1 saturated heterocycles. The number of piperidine rings is 1. The highest BCUT2D eigenvalue weighted by atomic mass is 15.3. The second-order valence-electron chi connectivity index (χ2n) is 5.10. The molecule has 2 heterocycles. The van der Waals surface area contributed by atoms with Crippen LogP contribution in [0, 0.1) is 5.41 Å². The zero-order chi connectivity index (χ0) is 11.6. The number of nitrogen functional groups attached to an aromatic ring is 1. The van der Waals surface area contributed by atoms with Crippen molar-refractivity contribution < 1.29 is 0 Å². The van der Waals surface area contributed by atoms with Crippen LogP contribution in [-0.4, -0.2) is 23.1 Å². The molecule has 0 aliphatic carbocycles. The van der Waals surface area contributed by atoms with Gasteiger partial charge in [0.05, 0.1) is 12.4 Å². The summed E-state index contributed by atoms with van der Waals surface area (Å²) < 4.78 is 0. The number of aromatic nitrogens is 2. The predicted molar refractivity (Wildman–Crippen MR) is 65.1 cm³/mol. The summed E-state index contributed by atoms with van der Waals surface area (Å²) in [6, 6.07) is 0. The van der Waals surface area contributed by atoms with Crippen molar-refractivity contribution in [2.75, 3.05) is 23.4 Å². The zero-order valence-corrected chi connectivity index (χ0v) is 9.90. The van der Waals surface area contributed by atoms with Gasteiger partial charge in [0.25, 0.3) is 0 Å².